The third-order valence-electron chi connectivity index (χ3n) is 6.16. The molecule has 0 aliphatic carbocycles. The lowest BCUT2D eigenvalue weighted by molar-refractivity contribution is -0.131. The van der Waals surface area contributed by atoms with Crippen LogP contribution in [0.4, 0.5) is 10.5 Å². The van der Waals surface area contributed by atoms with Crippen LogP contribution >= 0.6 is 0 Å². The number of anilines is 1. The number of nitrogens with one attached hydrogen (secondary N) is 5. The maximum absolute atomic E-state index is 12.7. The first-order valence-corrected chi connectivity index (χ1v) is 16.0. The van der Waals surface area contributed by atoms with Gasteiger partial charge in [0.15, 0.2) is 0 Å². The molecule has 0 aliphatic heterocycles. The molecule has 1 aromatic rings. The van der Waals surface area contributed by atoms with Crippen molar-refractivity contribution in [2.75, 3.05) is 91.1 Å². The van der Waals surface area contributed by atoms with Crippen LogP contribution in [0.1, 0.15) is 25.8 Å². The first-order chi connectivity index (χ1) is 24.0. The second-order valence-corrected chi connectivity index (χ2v) is 10.7. The van der Waals surface area contributed by atoms with Crippen LogP contribution in [0.15, 0.2) is 24.3 Å². The zero-order valence-corrected chi connectivity index (χ0v) is 28.6. The highest BCUT2D eigenvalue weighted by Gasteiger charge is 2.24. The average molecular weight is 714 g/mol. The smallest absolute Gasteiger partial charge is 0.407 e. The van der Waals surface area contributed by atoms with Gasteiger partial charge in [0.1, 0.15) is 32.5 Å². The van der Waals surface area contributed by atoms with Gasteiger partial charge in [-0.15, -0.1) is 0 Å². The minimum Gasteiger partial charge on any atom is -0.445 e. The minimum atomic E-state index is -0.854. The number of hydrogen-bond donors (Lipinski definition) is 7. The lowest BCUT2D eigenvalue weighted by Crippen LogP contribution is -2.51. The Balaban J connectivity index is 2.25. The van der Waals surface area contributed by atoms with Crippen LogP contribution in [0.2, 0.25) is 0 Å². The van der Waals surface area contributed by atoms with Gasteiger partial charge in [-0.3, -0.25) is 24.0 Å². The molecule has 1 rings (SSSR count). The molecule has 1 aromatic carbocycles. The topological polar surface area (TPSA) is 270 Å². The number of ether oxygens (including phenoxy) is 6. The van der Waals surface area contributed by atoms with Crippen molar-refractivity contribution in [1.82, 2.24) is 21.3 Å². The quantitative estimate of drug-likeness (QED) is 0.0370. The molecule has 282 valence electrons. The van der Waals surface area contributed by atoms with Crippen LogP contribution in [-0.4, -0.2) is 127 Å². The van der Waals surface area contributed by atoms with Gasteiger partial charge in [0.2, 0.25) is 29.5 Å². The number of nitrogens with two attached hydrogens (primary N) is 2. The highest BCUT2D eigenvalue weighted by Crippen LogP contribution is 2.10. The molecule has 0 fully saturated rings. The van der Waals surface area contributed by atoms with E-state index >= 15 is 0 Å². The molecule has 6 amide bonds. The monoisotopic (exact) mass is 713 g/mol. The van der Waals surface area contributed by atoms with Crippen molar-refractivity contribution >= 4 is 41.3 Å². The molecule has 1 atom stereocenters. The van der Waals surface area contributed by atoms with Gasteiger partial charge in [0, 0.05) is 18.7 Å². The van der Waals surface area contributed by atoms with Crippen molar-refractivity contribution in [1.29, 1.82) is 0 Å². The van der Waals surface area contributed by atoms with Crippen LogP contribution < -0.4 is 38.1 Å². The number of primary amides is 1. The van der Waals surface area contributed by atoms with Crippen molar-refractivity contribution in [2.45, 2.75) is 32.9 Å². The fourth-order valence-electron chi connectivity index (χ4n) is 3.66. The van der Waals surface area contributed by atoms with Crippen LogP contribution in [0, 0.1) is 5.92 Å². The van der Waals surface area contributed by atoms with E-state index in [1.165, 1.54) is 0 Å². The Hall–Kier alpha value is -4.40. The molecule has 0 radical (unpaired) electrons. The van der Waals surface area contributed by atoms with Crippen LogP contribution in [-0.2, 0) is 59.0 Å². The summed E-state index contributed by atoms with van der Waals surface area (Å²) in [5.41, 5.74) is 11.3. The van der Waals surface area contributed by atoms with Crippen LogP contribution in [0.3, 0.4) is 0 Å². The van der Waals surface area contributed by atoms with Gasteiger partial charge in [-0.1, -0.05) is 26.0 Å². The van der Waals surface area contributed by atoms with Gasteiger partial charge in [-0.2, -0.15) is 0 Å². The molecule has 0 saturated carbocycles. The number of benzene rings is 1. The molecular weight excluding hydrogens is 662 g/mol. The predicted molar refractivity (Wildman–Crippen MR) is 178 cm³/mol. The molecule has 0 saturated heterocycles. The van der Waals surface area contributed by atoms with Crippen LogP contribution in [0.25, 0.3) is 0 Å². The fraction of sp³-hybridized carbons (Fsp3) is 0.613. The second kappa shape index (κ2) is 27.4. The van der Waals surface area contributed by atoms with Gasteiger partial charge in [0.25, 0.3) is 0 Å². The fourth-order valence-corrected chi connectivity index (χ4v) is 3.66. The molecule has 50 heavy (non-hydrogen) atoms. The Labute approximate surface area is 291 Å². The molecule has 0 heterocycles. The van der Waals surface area contributed by atoms with Gasteiger partial charge >= 0.3 is 6.09 Å². The third kappa shape index (κ3) is 23.0. The second-order valence-electron chi connectivity index (χ2n) is 10.7. The number of amides is 6. The van der Waals surface area contributed by atoms with Gasteiger partial charge in [-0.05, 0) is 23.6 Å². The summed E-state index contributed by atoms with van der Waals surface area (Å²) in [7, 11) is 0. The van der Waals surface area contributed by atoms with Crippen molar-refractivity contribution in [3.63, 3.8) is 0 Å². The van der Waals surface area contributed by atoms with E-state index < -0.39 is 35.8 Å². The average Bonchev–Trinajstić information content (AvgIpc) is 3.08. The number of rotatable bonds is 28. The zero-order chi connectivity index (χ0) is 37.0. The summed E-state index contributed by atoms with van der Waals surface area (Å²) in [4.78, 5) is 71.6. The van der Waals surface area contributed by atoms with E-state index in [2.05, 4.69) is 26.6 Å². The van der Waals surface area contributed by atoms with Gasteiger partial charge in [0.05, 0.1) is 59.4 Å². The Morgan fingerprint density at radius 1 is 0.700 bits per heavy atom. The maximum Gasteiger partial charge on any atom is 0.407 e. The number of hydrogen-bond acceptors (Lipinski definition) is 13. The van der Waals surface area contributed by atoms with E-state index in [0.29, 0.717) is 64.0 Å². The largest absolute Gasteiger partial charge is 0.445 e. The molecular formula is C31H51N7O12. The molecule has 0 spiro atoms. The lowest BCUT2D eigenvalue weighted by atomic mass is 10.0. The van der Waals surface area contributed by atoms with Crippen molar-refractivity contribution < 1.29 is 57.2 Å². The highest BCUT2D eigenvalue weighted by atomic mass is 16.6. The first kappa shape index (κ1) is 43.6. The molecule has 1 unspecified atom stereocenters. The summed E-state index contributed by atoms with van der Waals surface area (Å²) < 4.78 is 31.2. The van der Waals surface area contributed by atoms with Gasteiger partial charge < -0.3 is 66.5 Å². The summed E-state index contributed by atoms with van der Waals surface area (Å²) in [6.07, 6.45) is -0.793. The van der Waals surface area contributed by atoms with Gasteiger partial charge in [-0.25, -0.2) is 4.79 Å². The number of alkyl carbamates (subject to hydrolysis) is 1. The van der Waals surface area contributed by atoms with E-state index in [9.17, 15) is 28.8 Å². The minimum absolute atomic E-state index is 0.0440. The third-order valence-corrected chi connectivity index (χ3v) is 6.16. The Morgan fingerprint density at radius 2 is 1.28 bits per heavy atom. The van der Waals surface area contributed by atoms with E-state index in [-0.39, 0.29) is 57.9 Å². The van der Waals surface area contributed by atoms with E-state index in [4.69, 9.17) is 39.9 Å². The summed E-state index contributed by atoms with van der Waals surface area (Å²) in [5.74, 6) is -2.86. The summed E-state index contributed by atoms with van der Waals surface area (Å²) in [6.45, 7) is 5.66. The summed E-state index contributed by atoms with van der Waals surface area (Å²) in [5, 5.41) is 12.4. The van der Waals surface area contributed by atoms with Crippen molar-refractivity contribution in [2.24, 2.45) is 17.4 Å². The molecule has 9 N–H and O–H groups in total. The Morgan fingerprint density at radius 3 is 1.86 bits per heavy atom. The normalized spacial score (nSPS) is 11.4. The highest BCUT2D eigenvalue weighted by molar-refractivity contribution is 5.96. The zero-order valence-electron chi connectivity index (χ0n) is 28.6. The summed E-state index contributed by atoms with van der Waals surface area (Å²) in [6, 6.07) is 5.54. The van der Waals surface area contributed by atoms with Crippen LogP contribution in [0.5, 0.6) is 0 Å². The lowest BCUT2D eigenvalue weighted by Gasteiger charge is -2.21. The van der Waals surface area contributed by atoms with E-state index in [1.54, 1.807) is 38.1 Å². The molecule has 19 heteroatoms. The molecule has 0 aliphatic rings. The SMILES string of the molecule is CC(C)C(NC(=O)CCOCCOCCOCCOCCN)C(=O)NCC(=O)Nc1ccc(COC(=O)NCC(=O)NCOCC(N)=O)cc1. The summed E-state index contributed by atoms with van der Waals surface area (Å²) >= 11 is 0. The Kier molecular flexibility index (Phi) is 23.9. The molecule has 0 bridgehead atoms. The van der Waals surface area contributed by atoms with Crippen molar-refractivity contribution in [3.05, 3.63) is 29.8 Å². The Bertz CT molecular complexity index is 1170. The van der Waals surface area contributed by atoms with E-state index in [1.807, 2.05) is 0 Å². The number of carbonyl (C=O) groups excluding carboxylic acids is 6. The predicted octanol–water partition coefficient (Wildman–Crippen LogP) is -1.90. The maximum atomic E-state index is 12.7. The standard InChI is InChI=1S/C31H51N7O12/c1-22(2)29(38-26(40)7-9-45-11-13-47-15-16-48-14-12-46-10-8-32)30(43)34-18-28(42)37-24-5-3-23(4-6-24)19-50-31(44)35-17-27(41)36-21-49-20-25(33)39/h3-6,22,29H,7-21,32H2,1-2H3,(H2,33,39)(H,34,43)(H,35,44)(H,36,41)(H,37,42)(H,38,40). The van der Waals surface area contributed by atoms with Crippen molar-refractivity contribution in [3.8, 4) is 0 Å². The first-order valence-electron chi connectivity index (χ1n) is 16.0. The molecule has 0 aromatic heterocycles. The van der Waals surface area contributed by atoms with E-state index in [0.717, 1.165) is 0 Å². The number of carbonyl (C=O) groups is 6. The molecule has 19 nitrogen and oxygen atoms in total.